The highest BCUT2D eigenvalue weighted by Crippen LogP contribution is 2.35. The van der Waals surface area contributed by atoms with Gasteiger partial charge in [-0.05, 0) is 78.3 Å². The largest absolute Gasteiger partial charge is 0.306 e. The first-order chi connectivity index (χ1) is 17.4. The molecule has 6 rings (SSSR count). The first-order valence-electron chi connectivity index (χ1n) is 12.2. The number of nitrogens with two attached hydrogens (primary N) is 1. The zero-order chi connectivity index (χ0) is 24.9. The van der Waals surface area contributed by atoms with E-state index in [0.29, 0.717) is 10.8 Å². The van der Waals surface area contributed by atoms with E-state index in [1.165, 1.54) is 18.4 Å². The third-order valence-electron chi connectivity index (χ3n) is 7.34. The molecular formula is C29H29N5OS. The molecule has 1 saturated heterocycles. The third kappa shape index (κ3) is 4.09. The predicted octanol–water partition coefficient (Wildman–Crippen LogP) is 4.97. The van der Waals surface area contributed by atoms with Gasteiger partial charge in [0.25, 0.3) is 0 Å². The van der Waals surface area contributed by atoms with Gasteiger partial charge in [0.1, 0.15) is 0 Å². The molecule has 5 aromatic rings. The second-order valence-electron chi connectivity index (χ2n) is 9.75. The number of hydrogen-bond donors (Lipinski definition) is 1. The standard InChI is InChI=1S/C29H29N5OS/c1-33-15-13-22(14-16-33)20-7-9-21(10-8-20)23-17-31-29-27(18-32-34(29)19-23)25-11-12-28(36(2,30)35)26-6-4-3-5-24(25)26/h3-12,17-19,22H,2,13-16H2,1H3,(H2,30,35). The molecule has 3 heterocycles. The number of piperidine rings is 1. The summed E-state index contributed by atoms with van der Waals surface area (Å²) in [5.74, 6) is 4.32. The maximum Gasteiger partial charge on any atom is 0.162 e. The van der Waals surface area contributed by atoms with Crippen molar-refractivity contribution in [2.24, 2.45) is 5.14 Å². The van der Waals surface area contributed by atoms with E-state index in [-0.39, 0.29) is 0 Å². The molecule has 3 aromatic carbocycles. The second-order valence-corrected chi connectivity index (χ2v) is 11.6. The maximum absolute atomic E-state index is 12.5. The fourth-order valence-electron chi connectivity index (χ4n) is 5.31. The van der Waals surface area contributed by atoms with Crippen molar-refractivity contribution < 1.29 is 4.21 Å². The molecule has 0 spiro atoms. The van der Waals surface area contributed by atoms with Crippen LogP contribution in [0.2, 0.25) is 0 Å². The van der Waals surface area contributed by atoms with E-state index in [2.05, 4.69) is 47.2 Å². The number of hydrogen-bond acceptors (Lipinski definition) is 4. The number of nitrogens with zero attached hydrogens (tertiary/aromatic N) is 4. The van der Waals surface area contributed by atoms with Crippen molar-refractivity contribution in [3.05, 3.63) is 84.8 Å². The van der Waals surface area contributed by atoms with Crippen LogP contribution in [-0.2, 0) is 9.71 Å². The Morgan fingerprint density at radius 2 is 1.64 bits per heavy atom. The SMILES string of the molecule is C=S(N)(=O)c1ccc(-c2cnn3cc(-c4ccc(C5CCN(C)CC5)cc4)cnc23)c2ccccc12. The lowest BCUT2D eigenvalue weighted by atomic mass is 9.89. The van der Waals surface area contributed by atoms with Crippen molar-refractivity contribution in [2.45, 2.75) is 23.7 Å². The van der Waals surface area contributed by atoms with Gasteiger partial charge in [0.2, 0.25) is 0 Å². The van der Waals surface area contributed by atoms with Gasteiger partial charge in [0.15, 0.2) is 5.65 Å². The van der Waals surface area contributed by atoms with E-state index in [0.717, 1.165) is 51.8 Å². The molecule has 0 radical (unpaired) electrons. The van der Waals surface area contributed by atoms with Crippen LogP contribution < -0.4 is 5.14 Å². The average Bonchev–Trinajstić information content (AvgIpc) is 3.31. The van der Waals surface area contributed by atoms with Gasteiger partial charge < -0.3 is 4.90 Å². The molecule has 1 aliphatic heterocycles. The summed E-state index contributed by atoms with van der Waals surface area (Å²) in [7, 11) is -0.650. The van der Waals surface area contributed by atoms with Gasteiger partial charge >= 0.3 is 0 Å². The zero-order valence-corrected chi connectivity index (χ0v) is 21.1. The highest BCUT2D eigenvalue weighted by atomic mass is 32.2. The van der Waals surface area contributed by atoms with Crippen LogP contribution in [0.1, 0.15) is 24.3 Å². The molecule has 0 amide bonds. The predicted molar refractivity (Wildman–Crippen MR) is 149 cm³/mol. The monoisotopic (exact) mass is 495 g/mol. The number of rotatable bonds is 4. The van der Waals surface area contributed by atoms with Gasteiger partial charge in [-0.15, -0.1) is 0 Å². The summed E-state index contributed by atoms with van der Waals surface area (Å²) >= 11 is 0. The van der Waals surface area contributed by atoms with Crippen LogP contribution in [0.25, 0.3) is 38.7 Å². The molecule has 0 saturated carbocycles. The van der Waals surface area contributed by atoms with Crippen molar-refractivity contribution in [2.75, 3.05) is 20.1 Å². The van der Waals surface area contributed by atoms with Crippen molar-refractivity contribution in [1.82, 2.24) is 19.5 Å². The molecule has 0 aliphatic carbocycles. The Morgan fingerprint density at radius 1 is 0.917 bits per heavy atom. The molecule has 1 aliphatic rings. The topological polar surface area (TPSA) is 76.5 Å². The Balaban J connectivity index is 1.35. The molecule has 7 heteroatoms. The Labute approximate surface area is 211 Å². The summed E-state index contributed by atoms with van der Waals surface area (Å²) in [5.41, 5.74) is 6.21. The maximum atomic E-state index is 12.5. The Morgan fingerprint density at radius 3 is 2.36 bits per heavy atom. The smallest absolute Gasteiger partial charge is 0.162 e. The lowest BCUT2D eigenvalue weighted by molar-refractivity contribution is 0.255. The molecule has 1 unspecified atom stereocenters. The van der Waals surface area contributed by atoms with Crippen LogP contribution in [0.4, 0.5) is 0 Å². The lowest BCUT2D eigenvalue weighted by Crippen LogP contribution is -2.29. The van der Waals surface area contributed by atoms with E-state index in [9.17, 15) is 4.21 Å². The quantitative estimate of drug-likeness (QED) is 0.357. The highest BCUT2D eigenvalue weighted by molar-refractivity contribution is 7.98. The van der Waals surface area contributed by atoms with Crippen molar-refractivity contribution >= 4 is 32.0 Å². The third-order valence-corrected chi connectivity index (χ3v) is 8.44. The van der Waals surface area contributed by atoms with E-state index in [4.69, 9.17) is 10.1 Å². The first kappa shape index (κ1) is 22.9. The Kier molecular flexibility index (Phi) is 5.63. The molecular weight excluding hydrogens is 466 g/mol. The van der Waals surface area contributed by atoms with Crippen LogP contribution >= 0.6 is 0 Å². The number of fused-ring (bicyclic) bond motifs is 2. The molecule has 1 fully saturated rings. The molecule has 6 nitrogen and oxygen atoms in total. The summed E-state index contributed by atoms with van der Waals surface area (Å²) < 4.78 is 14.4. The minimum Gasteiger partial charge on any atom is -0.306 e. The summed E-state index contributed by atoms with van der Waals surface area (Å²) in [5, 5.41) is 12.3. The van der Waals surface area contributed by atoms with E-state index >= 15 is 0 Å². The number of aromatic nitrogens is 3. The Bertz CT molecular complexity index is 1680. The molecule has 182 valence electrons. The highest BCUT2D eigenvalue weighted by Gasteiger charge is 2.19. The number of likely N-dealkylation sites (tertiary alicyclic amines) is 1. The second kappa shape index (κ2) is 8.85. The fraction of sp³-hybridized carbons (Fsp3) is 0.207. The summed E-state index contributed by atoms with van der Waals surface area (Å²) in [4.78, 5) is 7.75. The minimum atomic E-state index is -2.85. The van der Waals surface area contributed by atoms with Crippen LogP contribution in [0, 0.1) is 0 Å². The summed E-state index contributed by atoms with van der Waals surface area (Å²) in [6, 6.07) is 20.4. The molecule has 2 N–H and O–H groups in total. The molecule has 36 heavy (non-hydrogen) atoms. The average molecular weight is 496 g/mol. The van der Waals surface area contributed by atoms with Gasteiger partial charge in [-0.3, -0.25) is 5.14 Å². The molecule has 1 atom stereocenters. The summed E-state index contributed by atoms with van der Waals surface area (Å²) in [6.07, 6.45) is 8.19. The minimum absolute atomic E-state index is 0.553. The lowest BCUT2D eigenvalue weighted by Gasteiger charge is -2.29. The fourth-order valence-corrected chi connectivity index (χ4v) is 6.16. The van der Waals surface area contributed by atoms with Crippen molar-refractivity contribution in [3.63, 3.8) is 0 Å². The van der Waals surface area contributed by atoms with E-state index in [1.807, 2.05) is 53.4 Å². The van der Waals surface area contributed by atoms with Crippen LogP contribution in [0.15, 0.2) is 84.1 Å². The number of benzene rings is 3. The van der Waals surface area contributed by atoms with Gasteiger partial charge in [-0.25, -0.2) is 13.7 Å². The van der Waals surface area contributed by atoms with Crippen molar-refractivity contribution in [3.8, 4) is 22.3 Å². The van der Waals surface area contributed by atoms with Crippen LogP contribution in [0.5, 0.6) is 0 Å². The summed E-state index contributed by atoms with van der Waals surface area (Å²) in [6.45, 7) is 2.32. The molecule has 2 aromatic heterocycles. The van der Waals surface area contributed by atoms with Gasteiger partial charge in [-0.2, -0.15) is 5.10 Å². The van der Waals surface area contributed by atoms with Crippen LogP contribution in [0.3, 0.4) is 0 Å². The van der Waals surface area contributed by atoms with Gasteiger partial charge in [-0.1, -0.05) is 54.6 Å². The van der Waals surface area contributed by atoms with Crippen molar-refractivity contribution in [1.29, 1.82) is 0 Å². The zero-order valence-electron chi connectivity index (χ0n) is 20.3. The first-order valence-corrected chi connectivity index (χ1v) is 14.0. The van der Waals surface area contributed by atoms with Gasteiger partial charge in [0, 0.05) is 23.5 Å². The normalized spacial score (nSPS) is 16.9. The van der Waals surface area contributed by atoms with E-state index in [1.54, 1.807) is 6.07 Å². The van der Waals surface area contributed by atoms with Crippen LogP contribution in [-0.4, -0.2) is 49.7 Å². The van der Waals surface area contributed by atoms with Gasteiger partial charge in [0.05, 0.1) is 20.8 Å². The molecule has 0 bridgehead atoms. The van der Waals surface area contributed by atoms with E-state index < -0.39 is 9.71 Å². The Hall–Kier alpha value is -3.52.